The molecule has 148 valence electrons. The first kappa shape index (κ1) is 18.7. The van der Waals surface area contributed by atoms with Gasteiger partial charge in [-0.25, -0.2) is 4.39 Å². The Balaban J connectivity index is 1.48. The van der Waals surface area contributed by atoms with Crippen LogP contribution in [0.3, 0.4) is 0 Å². The average Bonchev–Trinajstić information content (AvgIpc) is 3.33. The molecule has 3 atom stereocenters. The molecule has 3 aromatic carbocycles. The fourth-order valence-corrected chi connectivity index (χ4v) is 6.56. The van der Waals surface area contributed by atoms with E-state index in [4.69, 9.17) is 9.47 Å². The summed E-state index contributed by atoms with van der Waals surface area (Å²) < 4.78 is 27.3. The third-order valence-corrected chi connectivity index (χ3v) is 8.07. The minimum atomic E-state index is -0.439. The number of benzene rings is 3. The average molecular weight is 408 g/mol. The molecule has 2 saturated heterocycles. The van der Waals surface area contributed by atoms with E-state index in [0.717, 1.165) is 24.2 Å². The van der Waals surface area contributed by atoms with Crippen molar-refractivity contribution in [2.75, 3.05) is 0 Å². The fraction of sp³-hybridized carbons (Fsp3) is 0.280. The maximum Gasteiger partial charge on any atom is 0.170 e. The van der Waals surface area contributed by atoms with Gasteiger partial charge in [-0.1, -0.05) is 36.4 Å². The quantitative estimate of drug-likeness (QED) is 0.482. The molecule has 4 heteroatoms. The Morgan fingerprint density at radius 3 is 2.07 bits per heavy atom. The van der Waals surface area contributed by atoms with Crippen molar-refractivity contribution in [3.8, 4) is 5.75 Å². The molecular formula is C25H24FO2S+. The molecule has 0 saturated carbocycles. The van der Waals surface area contributed by atoms with Crippen LogP contribution in [0.25, 0.3) is 0 Å². The van der Waals surface area contributed by atoms with Crippen molar-refractivity contribution in [1.82, 2.24) is 0 Å². The summed E-state index contributed by atoms with van der Waals surface area (Å²) in [6.07, 6.45) is 3.23. The van der Waals surface area contributed by atoms with Crippen molar-refractivity contribution in [2.24, 2.45) is 0 Å². The van der Waals surface area contributed by atoms with Gasteiger partial charge in [0.15, 0.2) is 26.3 Å². The molecule has 0 spiro atoms. The number of hydrogen-bond donors (Lipinski definition) is 0. The lowest BCUT2D eigenvalue weighted by Gasteiger charge is -2.32. The SMILES string of the molecule is CC1(Oc2ccc([S+](c3ccccc3)c3ccccc3)cc2F)CC2CCC1O2. The minimum absolute atomic E-state index is 0.0647. The molecule has 2 nitrogen and oxygen atoms in total. The highest BCUT2D eigenvalue weighted by molar-refractivity contribution is 7.97. The van der Waals surface area contributed by atoms with E-state index in [2.05, 4.69) is 24.3 Å². The molecule has 2 bridgehead atoms. The van der Waals surface area contributed by atoms with Gasteiger partial charge in [0, 0.05) is 12.5 Å². The van der Waals surface area contributed by atoms with Crippen LogP contribution in [0, 0.1) is 5.82 Å². The first-order valence-electron chi connectivity index (χ1n) is 10.1. The predicted octanol–water partition coefficient (Wildman–Crippen LogP) is 6.01. The number of ether oxygens (including phenoxy) is 2. The second-order valence-corrected chi connectivity index (χ2v) is 9.99. The summed E-state index contributed by atoms with van der Waals surface area (Å²) in [6.45, 7) is 2.04. The van der Waals surface area contributed by atoms with Gasteiger partial charge in [0.1, 0.15) is 5.60 Å². The predicted molar refractivity (Wildman–Crippen MR) is 113 cm³/mol. The first-order chi connectivity index (χ1) is 14.1. The van der Waals surface area contributed by atoms with Gasteiger partial charge in [0.2, 0.25) is 0 Å². The summed E-state index contributed by atoms with van der Waals surface area (Å²) in [4.78, 5) is 3.28. The highest BCUT2D eigenvalue weighted by Crippen LogP contribution is 2.44. The molecule has 0 radical (unpaired) electrons. The van der Waals surface area contributed by atoms with Gasteiger partial charge >= 0.3 is 0 Å². The summed E-state index contributed by atoms with van der Waals surface area (Å²) in [5, 5.41) is 0. The van der Waals surface area contributed by atoms with Crippen molar-refractivity contribution in [1.29, 1.82) is 0 Å². The Hall–Kier alpha value is -2.30. The fourth-order valence-electron chi connectivity index (χ4n) is 4.46. The molecule has 0 N–H and O–H groups in total. The van der Waals surface area contributed by atoms with Crippen LogP contribution in [-0.4, -0.2) is 17.8 Å². The molecule has 3 unspecified atom stereocenters. The Labute approximate surface area is 174 Å². The van der Waals surface area contributed by atoms with Crippen molar-refractivity contribution in [2.45, 2.75) is 58.7 Å². The van der Waals surface area contributed by atoms with E-state index in [9.17, 15) is 0 Å². The summed E-state index contributed by atoms with van der Waals surface area (Å²) in [5.41, 5.74) is -0.439. The van der Waals surface area contributed by atoms with Crippen molar-refractivity contribution in [3.05, 3.63) is 84.7 Å². The van der Waals surface area contributed by atoms with Crippen molar-refractivity contribution >= 4 is 10.9 Å². The molecule has 2 aliphatic rings. The third kappa shape index (κ3) is 3.56. The van der Waals surface area contributed by atoms with Gasteiger partial charge in [0.25, 0.3) is 0 Å². The molecule has 5 rings (SSSR count). The van der Waals surface area contributed by atoms with E-state index in [1.807, 2.05) is 49.4 Å². The highest BCUT2D eigenvalue weighted by Gasteiger charge is 2.51. The third-order valence-electron chi connectivity index (χ3n) is 5.86. The lowest BCUT2D eigenvalue weighted by molar-refractivity contribution is 0.00213. The Bertz CT molecular complexity index is 955. The van der Waals surface area contributed by atoms with E-state index in [1.54, 1.807) is 12.1 Å². The van der Waals surface area contributed by atoms with Crippen LogP contribution < -0.4 is 4.74 Å². The Morgan fingerprint density at radius 2 is 1.55 bits per heavy atom. The Morgan fingerprint density at radius 1 is 0.897 bits per heavy atom. The van der Waals surface area contributed by atoms with Crippen LogP contribution in [-0.2, 0) is 15.6 Å². The zero-order valence-corrected chi connectivity index (χ0v) is 17.2. The molecule has 3 aromatic rings. The smallest absolute Gasteiger partial charge is 0.170 e. The lowest BCUT2D eigenvalue weighted by atomic mass is 9.86. The van der Waals surface area contributed by atoms with Crippen LogP contribution >= 0.6 is 0 Å². The van der Waals surface area contributed by atoms with Crippen LogP contribution in [0.2, 0.25) is 0 Å². The largest absolute Gasteiger partial charge is 0.482 e. The van der Waals surface area contributed by atoms with Gasteiger partial charge in [-0.2, -0.15) is 0 Å². The zero-order chi connectivity index (χ0) is 19.8. The normalized spacial score (nSPS) is 25.5. The molecule has 2 fully saturated rings. The monoisotopic (exact) mass is 407 g/mol. The highest BCUT2D eigenvalue weighted by atomic mass is 32.2. The van der Waals surface area contributed by atoms with Gasteiger partial charge in [-0.3, -0.25) is 0 Å². The molecule has 2 heterocycles. The lowest BCUT2D eigenvalue weighted by Crippen LogP contribution is -2.42. The van der Waals surface area contributed by atoms with Gasteiger partial charge in [-0.05, 0) is 56.2 Å². The first-order valence-corrected chi connectivity index (χ1v) is 11.3. The topological polar surface area (TPSA) is 18.5 Å². The van der Waals surface area contributed by atoms with Crippen molar-refractivity contribution in [3.63, 3.8) is 0 Å². The van der Waals surface area contributed by atoms with E-state index < -0.39 is 5.60 Å². The zero-order valence-electron chi connectivity index (χ0n) is 16.4. The number of fused-ring (bicyclic) bond motifs is 2. The summed E-state index contributed by atoms with van der Waals surface area (Å²) in [5.74, 6) is 0.00735. The standard InChI is InChI=1S/C25H24FO2S/c1-25(17-18-12-15-24(25)27-18)28-23-14-13-21(16-22(23)26)29(19-8-4-2-5-9-19)20-10-6-3-7-11-20/h2-11,13-14,16,18,24H,12,15,17H2,1H3/q+1. The summed E-state index contributed by atoms with van der Waals surface area (Å²) in [6, 6.07) is 26.0. The second kappa shape index (κ2) is 7.51. The number of rotatable bonds is 5. The van der Waals surface area contributed by atoms with E-state index >= 15 is 4.39 Å². The molecular weight excluding hydrogens is 383 g/mol. The summed E-state index contributed by atoms with van der Waals surface area (Å²) >= 11 is 0. The molecule has 0 aliphatic carbocycles. The van der Waals surface area contributed by atoms with Crippen molar-refractivity contribution < 1.29 is 13.9 Å². The van der Waals surface area contributed by atoms with Crippen LogP contribution in [0.1, 0.15) is 26.2 Å². The van der Waals surface area contributed by atoms with Crippen LogP contribution in [0.4, 0.5) is 4.39 Å². The molecule has 0 aromatic heterocycles. The second-order valence-electron chi connectivity index (χ2n) is 7.97. The van der Waals surface area contributed by atoms with Crippen LogP contribution in [0.5, 0.6) is 5.75 Å². The maximum atomic E-state index is 15.1. The van der Waals surface area contributed by atoms with Gasteiger partial charge < -0.3 is 9.47 Å². The summed E-state index contributed by atoms with van der Waals surface area (Å²) in [7, 11) is -0.369. The Kier molecular flexibility index (Phi) is 4.84. The molecule has 2 aliphatic heterocycles. The van der Waals surface area contributed by atoms with E-state index in [1.165, 1.54) is 9.79 Å². The van der Waals surface area contributed by atoms with Gasteiger partial charge in [-0.15, -0.1) is 0 Å². The molecule has 0 amide bonds. The number of halogens is 1. The van der Waals surface area contributed by atoms with Crippen LogP contribution in [0.15, 0.2) is 93.5 Å². The van der Waals surface area contributed by atoms with Gasteiger partial charge in [0.05, 0.1) is 23.1 Å². The minimum Gasteiger partial charge on any atom is -0.482 e. The molecule has 29 heavy (non-hydrogen) atoms. The van der Waals surface area contributed by atoms with E-state index in [0.29, 0.717) is 5.75 Å². The number of hydrogen-bond acceptors (Lipinski definition) is 2. The maximum absolute atomic E-state index is 15.1. The van der Waals surface area contributed by atoms with E-state index in [-0.39, 0.29) is 28.9 Å².